The molecular weight excluding hydrogens is 538 g/mol. The van der Waals surface area contributed by atoms with Crippen LogP contribution < -0.4 is 5.56 Å². The molecule has 2 heterocycles. The van der Waals surface area contributed by atoms with Gasteiger partial charge in [0, 0.05) is 6.42 Å². The van der Waals surface area contributed by atoms with Crippen LogP contribution in [0.4, 0.5) is 0 Å². The van der Waals surface area contributed by atoms with E-state index in [0.29, 0.717) is 39.0 Å². The highest BCUT2D eigenvalue weighted by atomic mass is 35.5. The Hall–Kier alpha value is -2.52. The fourth-order valence-electron chi connectivity index (χ4n) is 3.81. The molecule has 12 heteroatoms. The summed E-state index contributed by atoms with van der Waals surface area (Å²) >= 11 is 13.0. The number of H-pyrrole nitrogens is 1. The number of nitrogens with one attached hydrogen (secondary N) is 1. The smallest absolute Gasteiger partial charge is 0.303 e. The summed E-state index contributed by atoms with van der Waals surface area (Å²) in [6, 6.07) is 13.6. The highest BCUT2D eigenvalue weighted by molar-refractivity contribution is 7.45. The van der Waals surface area contributed by atoms with Crippen LogP contribution in [0.15, 0.2) is 47.3 Å². The van der Waals surface area contributed by atoms with E-state index in [9.17, 15) is 4.79 Å². The van der Waals surface area contributed by atoms with E-state index >= 15 is 0 Å². The molecule has 0 amide bonds. The third-order valence-corrected chi connectivity index (χ3v) is 6.22. The highest BCUT2D eigenvalue weighted by Gasteiger charge is 2.22. The van der Waals surface area contributed by atoms with Gasteiger partial charge in [-0.05, 0) is 34.6 Å². The van der Waals surface area contributed by atoms with Gasteiger partial charge in [0.1, 0.15) is 11.2 Å². The molecule has 4 N–H and O–H groups in total. The van der Waals surface area contributed by atoms with E-state index in [1.165, 1.54) is 10.1 Å². The molecule has 0 aliphatic heterocycles. The maximum atomic E-state index is 13.8. The lowest BCUT2D eigenvalue weighted by Crippen LogP contribution is -2.25. The van der Waals surface area contributed by atoms with Gasteiger partial charge in [0.05, 0.1) is 21.4 Å². The molecule has 0 saturated heterocycles. The molecule has 0 unspecified atom stereocenters. The zero-order valence-electron chi connectivity index (χ0n) is 21.0. The SMILES string of the molecule is CC(C)c1[nH]nc2nc(Cc3ccc(C(C)(C)C)cc3)n(-c3c(Cl)cccc3Cl)c(=O)c12.O=P(O)(O)O. The maximum absolute atomic E-state index is 13.8. The summed E-state index contributed by atoms with van der Waals surface area (Å²) in [5, 5.41) is 8.54. The van der Waals surface area contributed by atoms with Gasteiger partial charge >= 0.3 is 7.82 Å². The van der Waals surface area contributed by atoms with Crippen LogP contribution >= 0.6 is 31.0 Å². The van der Waals surface area contributed by atoms with Crippen LogP contribution in [0.1, 0.15) is 63.2 Å². The van der Waals surface area contributed by atoms with Crippen LogP contribution in [0.5, 0.6) is 0 Å². The molecule has 4 aromatic rings. The van der Waals surface area contributed by atoms with E-state index in [4.69, 9.17) is 47.4 Å². The molecule has 2 aromatic heterocycles. The standard InChI is InChI=1S/C25H26Cl2N4O.H3O4P/c1-14(2)21-20-23(30-29-21)28-19(13-15-9-11-16(12-10-15)25(3,4)5)31(24(20)32)22-17(26)7-6-8-18(22)27;1-5(2,3)4/h6-12,14H,13H2,1-5H3,(H,29,30);(H3,1,2,3,4). The second-order valence-electron chi connectivity index (χ2n) is 9.87. The molecular formula is C25H29Cl2N4O5P. The largest absolute Gasteiger partial charge is 0.466 e. The number of benzene rings is 2. The van der Waals surface area contributed by atoms with Gasteiger partial charge < -0.3 is 14.7 Å². The van der Waals surface area contributed by atoms with Crippen molar-refractivity contribution >= 4 is 42.1 Å². The molecule has 0 bridgehead atoms. The lowest BCUT2D eigenvalue weighted by Gasteiger charge is -2.19. The van der Waals surface area contributed by atoms with Crippen LogP contribution in [-0.4, -0.2) is 34.4 Å². The second kappa shape index (κ2) is 11.1. The first kappa shape index (κ1) is 29.0. The van der Waals surface area contributed by atoms with Gasteiger partial charge in [0.2, 0.25) is 0 Å². The van der Waals surface area contributed by atoms with Gasteiger partial charge in [0.15, 0.2) is 5.65 Å². The van der Waals surface area contributed by atoms with Crippen LogP contribution in [0.3, 0.4) is 0 Å². The number of nitrogens with zero attached hydrogens (tertiary/aromatic N) is 3. The normalized spacial score (nSPS) is 12.1. The van der Waals surface area contributed by atoms with Crippen molar-refractivity contribution in [2.24, 2.45) is 0 Å². The van der Waals surface area contributed by atoms with Crippen molar-refractivity contribution in [3.8, 4) is 5.69 Å². The van der Waals surface area contributed by atoms with Crippen molar-refractivity contribution in [3.05, 3.63) is 85.5 Å². The molecule has 9 nitrogen and oxygen atoms in total. The number of halogens is 2. The third kappa shape index (κ3) is 7.08. The van der Waals surface area contributed by atoms with Gasteiger partial charge in [-0.25, -0.2) is 9.55 Å². The Morgan fingerprint density at radius 2 is 1.57 bits per heavy atom. The fourth-order valence-corrected chi connectivity index (χ4v) is 4.38. The Labute approximate surface area is 224 Å². The number of phosphoric acid groups is 1. The lowest BCUT2D eigenvalue weighted by atomic mass is 9.86. The summed E-state index contributed by atoms with van der Waals surface area (Å²) in [6.07, 6.45) is 0.432. The number of hydrogen-bond acceptors (Lipinski definition) is 4. The summed E-state index contributed by atoms with van der Waals surface area (Å²) < 4.78 is 10.4. The van der Waals surface area contributed by atoms with Crippen molar-refractivity contribution in [1.82, 2.24) is 19.7 Å². The van der Waals surface area contributed by atoms with Crippen molar-refractivity contribution in [2.45, 2.75) is 52.4 Å². The Morgan fingerprint density at radius 3 is 2.05 bits per heavy atom. The minimum atomic E-state index is -4.64. The van der Waals surface area contributed by atoms with Crippen molar-refractivity contribution < 1.29 is 19.2 Å². The summed E-state index contributed by atoms with van der Waals surface area (Å²) in [6.45, 7) is 10.5. The summed E-state index contributed by atoms with van der Waals surface area (Å²) in [5.74, 6) is 0.614. The summed E-state index contributed by atoms with van der Waals surface area (Å²) in [4.78, 5) is 40.1. The van der Waals surface area contributed by atoms with E-state index in [2.05, 4.69) is 55.2 Å². The zero-order chi connectivity index (χ0) is 27.7. The predicted molar refractivity (Wildman–Crippen MR) is 146 cm³/mol. The molecule has 0 spiro atoms. The Bertz CT molecular complexity index is 1490. The first-order chi connectivity index (χ1) is 17.1. The van der Waals surface area contributed by atoms with Gasteiger partial charge in [-0.1, -0.05) is 88.2 Å². The van der Waals surface area contributed by atoms with Crippen LogP contribution in [0.2, 0.25) is 10.0 Å². The van der Waals surface area contributed by atoms with Crippen molar-refractivity contribution in [2.75, 3.05) is 0 Å². The van der Waals surface area contributed by atoms with E-state index in [1.807, 2.05) is 13.8 Å². The second-order valence-corrected chi connectivity index (χ2v) is 11.7. The molecule has 0 atom stereocenters. The Kier molecular flexibility index (Phi) is 8.69. The minimum Gasteiger partial charge on any atom is -0.303 e. The number of para-hydroxylation sites is 1. The molecule has 0 aliphatic carbocycles. The highest BCUT2D eigenvalue weighted by Crippen LogP contribution is 2.30. The zero-order valence-corrected chi connectivity index (χ0v) is 23.4. The minimum absolute atomic E-state index is 0.0607. The van der Waals surface area contributed by atoms with Crippen LogP contribution in [0.25, 0.3) is 16.7 Å². The molecule has 0 saturated carbocycles. The summed E-state index contributed by atoms with van der Waals surface area (Å²) in [5.41, 5.74) is 3.68. The average Bonchev–Trinajstić information content (AvgIpc) is 3.19. The van der Waals surface area contributed by atoms with Gasteiger partial charge in [0.25, 0.3) is 5.56 Å². The first-order valence-electron chi connectivity index (χ1n) is 11.4. The van der Waals surface area contributed by atoms with Crippen LogP contribution in [0, 0.1) is 0 Å². The topological polar surface area (TPSA) is 141 Å². The number of aromatic nitrogens is 4. The summed E-state index contributed by atoms with van der Waals surface area (Å²) in [7, 11) is -4.64. The number of aromatic amines is 1. The van der Waals surface area contributed by atoms with Crippen molar-refractivity contribution in [1.29, 1.82) is 0 Å². The molecule has 2 aromatic carbocycles. The van der Waals surface area contributed by atoms with Gasteiger partial charge in [-0.3, -0.25) is 14.5 Å². The lowest BCUT2D eigenvalue weighted by molar-refractivity contribution is 0.275. The average molecular weight is 567 g/mol. The maximum Gasteiger partial charge on any atom is 0.466 e. The van der Waals surface area contributed by atoms with E-state index in [-0.39, 0.29) is 16.9 Å². The van der Waals surface area contributed by atoms with E-state index in [0.717, 1.165) is 11.3 Å². The molecule has 37 heavy (non-hydrogen) atoms. The van der Waals surface area contributed by atoms with Gasteiger partial charge in [-0.15, -0.1) is 0 Å². The van der Waals surface area contributed by atoms with E-state index < -0.39 is 7.82 Å². The number of hydrogen-bond donors (Lipinski definition) is 4. The van der Waals surface area contributed by atoms with Gasteiger partial charge in [-0.2, -0.15) is 5.10 Å². The van der Waals surface area contributed by atoms with E-state index in [1.54, 1.807) is 18.2 Å². The van der Waals surface area contributed by atoms with Crippen LogP contribution in [-0.2, 0) is 16.4 Å². The molecule has 4 rings (SSSR count). The first-order valence-corrected chi connectivity index (χ1v) is 13.7. The van der Waals surface area contributed by atoms with Crippen molar-refractivity contribution in [3.63, 3.8) is 0 Å². The molecule has 198 valence electrons. The molecule has 0 radical (unpaired) electrons. The Balaban J connectivity index is 0.000000695. The molecule has 0 fully saturated rings. The Morgan fingerprint density at radius 1 is 1.03 bits per heavy atom. The predicted octanol–water partition coefficient (Wildman–Crippen LogP) is 5.50. The molecule has 0 aliphatic rings. The number of fused-ring (bicyclic) bond motifs is 1. The quantitative estimate of drug-likeness (QED) is 0.239. The monoisotopic (exact) mass is 566 g/mol. The number of rotatable bonds is 4. The third-order valence-electron chi connectivity index (χ3n) is 5.61. The fraction of sp³-hybridized carbons (Fsp3) is 0.320.